The van der Waals surface area contributed by atoms with Crippen LogP contribution in [0.5, 0.6) is 5.75 Å². The number of amides is 2. The van der Waals surface area contributed by atoms with Crippen molar-refractivity contribution < 1.29 is 22.7 Å². The summed E-state index contributed by atoms with van der Waals surface area (Å²) < 4.78 is 32.1. The number of hydrogen-bond donors (Lipinski definition) is 2. The van der Waals surface area contributed by atoms with Gasteiger partial charge in [-0.05, 0) is 60.7 Å². The maximum atomic E-state index is 13.4. The van der Waals surface area contributed by atoms with Crippen LogP contribution < -0.4 is 14.8 Å². The number of methoxy groups -OCH3 is 1. The molecule has 2 amide bonds. The molecule has 8 nitrogen and oxygen atoms in total. The van der Waals surface area contributed by atoms with E-state index in [4.69, 9.17) is 4.74 Å². The summed E-state index contributed by atoms with van der Waals surface area (Å²) in [6, 6.07) is 23.1. The van der Waals surface area contributed by atoms with Crippen LogP contribution in [-0.4, -0.2) is 51.4 Å². The number of nitrogens with one attached hydrogen (secondary N) is 2. The molecule has 0 saturated heterocycles. The van der Waals surface area contributed by atoms with E-state index in [1.54, 1.807) is 38.0 Å². The summed E-state index contributed by atoms with van der Waals surface area (Å²) in [5.74, 6) is 0.328. The Kier molecular flexibility index (Phi) is 11.1. The lowest BCUT2D eigenvalue weighted by molar-refractivity contribution is -0.140. The largest absolute Gasteiger partial charge is 0.497 e. The fourth-order valence-electron chi connectivity index (χ4n) is 4.14. The highest BCUT2D eigenvalue weighted by Gasteiger charge is 2.26. The van der Waals surface area contributed by atoms with Gasteiger partial charge in [0.2, 0.25) is 21.8 Å². The van der Waals surface area contributed by atoms with Gasteiger partial charge in [0, 0.05) is 26.1 Å². The third kappa shape index (κ3) is 8.94. The smallest absolute Gasteiger partial charge is 0.242 e. The second-order valence-corrected chi connectivity index (χ2v) is 11.0. The van der Waals surface area contributed by atoms with Gasteiger partial charge in [0.05, 0.1) is 12.0 Å². The Bertz CT molecular complexity index is 1310. The zero-order valence-corrected chi connectivity index (χ0v) is 23.5. The molecule has 3 rings (SSSR count). The van der Waals surface area contributed by atoms with Crippen LogP contribution in [0.25, 0.3) is 0 Å². The number of carbonyl (C=O) groups excluding carboxylic acids is 2. The monoisotopic (exact) mass is 551 g/mol. The molecular formula is C30H37N3O5S. The molecule has 3 aromatic carbocycles. The minimum absolute atomic E-state index is 0.166. The summed E-state index contributed by atoms with van der Waals surface area (Å²) in [7, 11) is -1.94. The zero-order chi connectivity index (χ0) is 28.3. The predicted molar refractivity (Wildman–Crippen MR) is 152 cm³/mol. The van der Waals surface area contributed by atoms with E-state index in [0.29, 0.717) is 31.7 Å². The number of ether oxygens (including phenoxy) is 1. The Balaban J connectivity index is 1.67. The highest BCUT2D eigenvalue weighted by molar-refractivity contribution is 7.89. The minimum atomic E-state index is -3.54. The number of benzene rings is 3. The summed E-state index contributed by atoms with van der Waals surface area (Å²) in [5.41, 5.74) is 2.84. The van der Waals surface area contributed by atoms with Crippen LogP contribution in [0.2, 0.25) is 0 Å². The molecule has 0 heterocycles. The van der Waals surface area contributed by atoms with Crippen LogP contribution in [0, 0.1) is 0 Å². The van der Waals surface area contributed by atoms with Crippen molar-refractivity contribution in [2.45, 2.75) is 50.6 Å². The van der Waals surface area contributed by atoms with Crippen LogP contribution in [-0.2, 0) is 39.0 Å². The molecule has 0 saturated carbocycles. The molecule has 0 aliphatic rings. The summed E-state index contributed by atoms with van der Waals surface area (Å²) in [6.07, 6.45) is 1.30. The lowest BCUT2D eigenvalue weighted by Crippen LogP contribution is -2.48. The van der Waals surface area contributed by atoms with Gasteiger partial charge in [-0.3, -0.25) is 9.59 Å². The third-order valence-corrected chi connectivity index (χ3v) is 7.99. The van der Waals surface area contributed by atoms with Crippen molar-refractivity contribution in [2.24, 2.45) is 0 Å². The number of sulfonamides is 1. The van der Waals surface area contributed by atoms with E-state index in [-0.39, 0.29) is 29.7 Å². The van der Waals surface area contributed by atoms with Gasteiger partial charge in [-0.1, -0.05) is 61.5 Å². The molecular weight excluding hydrogens is 514 g/mol. The fourth-order valence-corrected chi connectivity index (χ4v) is 5.18. The van der Waals surface area contributed by atoms with E-state index < -0.39 is 16.1 Å². The number of hydrogen-bond acceptors (Lipinski definition) is 5. The van der Waals surface area contributed by atoms with E-state index in [1.807, 2.05) is 54.6 Å². The van der Waals surface area contributed by atoms with Crippen molar-refractivity contribution in [3.63, 3.8) is 0 Å². The quantitative estimate of drug-likeness (QED) is 0.318. The van der Waals surface area contributed by atoms with Crippen molar-refractivity contribution >= 4 is 21.8 Å². The maximum Gasteiger partial charge on any atom is 0.242 e. The van der Waals surface area contributed by atoms with Gasteiger partial charge in [-0.2, -0.15) is 0 Å². The Morgan fingerprint density at radius 2 is 1.49 bits per heavy atom. The van der Waals surface area contributed by atoms with Crippen LogP contribution >= 0.6 is 0 Å². The normalized spacial score (nSPS) is 12.0. The first-order chi connectivity index (χ1) is 18.7. The molecule has 9 heteroatoms. The molecule has 39 heavy (non-hydrogen) atoms. The van der Waals surface area contributed by atoms with Gasteiger partial charge < -0.3 is 15.0 Å². The molecule has 0 radical (unpaired) electrons. The molecule has 0 bridgehead atoms. The van der Waals surface area contributed by atoms with Gasteiger partial charge in [-0.15, -0.1) is 0 Å². The van der Waals surface area contributed by atoms with Gasteiger partial charge in [0.15, 0.2) is 0 Å². The molecule has 2 N–H and O–H groups in total. The average Bonchev–Trinajstić information content (AvgIpc) is 2.95. The Labute approximate surface area is 231 Å². The Morgan fingerprint density at radius 1 is 0.872 bits per heavy atom. The van der Waals surface area contributed by atoms with Gasteiger partial charge in [-0.25, -0.2) is 13.1 Å². The molecule has 3 aromatic rings. The SMILES string of the molecule is CCNS(=O)(=O)c1ccc(CCC(=O)N(Cc2ccc(OC)cc2)[C@H](C)C(=O)NCCc2ccccc2)cc1. The van der Waals surface area contributed by atoms with E-state index in [0.717, 1.165) is 16.7 Å². The summed E-state index contributed by atoms with van der Waals surface area (Å²) >= 11 is 0. The molecule has 0 aliphatic carbocycles. The first-order valence-corrected chi connectivity index (χ1v) is 14.5. The van der Waals surface area contributed by atoms with Crippen molar-refractivity contribution in [1.82, 2.24) is 14.9 Å². The number of rotatable bonds is 14. The lowest BCUT2D eigenvalue weighted by atomic mass is 10.1. The van der Waals surface area contributed by atoms with Crippen molar-refractivity contribution in [3.05, 3.63) is 95.6 Å². The van der Waals surface area contributed by atoms with E-state index in [2.05, 4.69) is 10.0 Å². The van der Waals surface area contributed by atoms with Crippen LogP contribution in [0.1, 0.15) is 37.0 Å². The van der Waals surface area contributed by atoms with Gasteiger partial charge in [0.1, 0.15) is 11.8 Å². The second kappa shape index (κ2) is 14.5. The van der Waals surface area contributed by atoms with E-state index in [1.165, 1.54) is 12.1 Å². The highest BCUT2D eigenvalue weighted by Crippen LogP contribution is 2.17. The van der Waals surface area contributed by atoms with Crippen molar-refractivity contribution in [3.8, 4) is 5.75 Å². The van der Waals surface area contributed by atoms with Gasteiger partial charge >= 0.3 is 0 Å². The fraction of sp³-hybridized carbons (Fsp3) is 0.333. The molecule has 0 fully saturated rings. The standard InChI is InChI=1S/C30H37N3O5S/c1-4-32-39(36,37)28-17-12-25(13-18-28)14-19-29(34)33(22-26-10-15-27(38-3)16-11-26)23(2)30(35)31-21-20-24-8-6-5-7-9-24/h5-13,15-18,23,32H,4,14,19-22H2,1-3H3,(H,31,35)/t23-/m1/s1. The number of carbonyl (C=O) groups is 2. The average molecular weight is 552 g/mol. The van der Waals surface area contributed by atoms with E-state index in [9.17, 15) is 18.0 Å². The molecule has 0 aliphatic heterocycles. The number of aryl methyl sites for hydroxylation is 1. The first kappa shape index (κ1) is 29.9. The summed E-state index contributed by atoms with van der Waals surface area (Å²) in [5, 5.41) is 2.96. The Hall–Kier alpha value is -3.69. The van der Waals surface area contributed by atoms with Crippen LogP contribution in [0.15, 0.2) is 83.8 Å². The van der Waals surface area contributed by atoms with Crippen molar-refractivity contribution in [1.29, 1.82) is 0 Å². The Morgan fingerprint density at radius 3 is 2.10 bits per heavy atom. The van der Waals surface area contributed by atoms with Gasteiger partial charge in [0.25, 0.3) is 0 Å². The lowest BCUT2D eigenvalue weighted by Gasteiger charge is -2.29. The van der Waals surface area contributed by atoms with Crippen molar-refractivity contribution in [2.75, 3.05) is 20.2 Å². The van der Waals surface area contributed by atoms with Crippen LogP contribution in [0.4, 0.5) is 0 Å². The number of nitrogens with zero attached hydrogens (tertiary/aromatic N) is 1. The second-order valence-electron chi connectivity index (χ2n) is 9.22. The minimum Gasteiger partial charge on any atom is -0.497 e. The topological polar surface area (TPSA) is 105 Å². The summed E-state index contributed by atoms with van der Waals surface area (Å²) in [4.78, 5) is 28.2. The zero-order valence-electron chi connectivity index (χ0n) is 22.7. The maximum absolute atomic E-state index is 13.4. The molecule has 1 atom stereocenters. The predicted octanol–water partition coefficient (Wildman–Crippen LogP) is 3.70. The molecule has 0 unspecified atom stereocenters. The first-order valence-electron chi connectivity index (χ1n) is 13.1. The molecule has 0 aromatic heterocycles. The molecule has 0 spiro atoms. The van der Waals surface area contributed by atoms with E-state index >= 15 is 0 Å². The van der Waals surface area contributed by atoms with Crippen LogP contribution in [0.3, 0.4) is 0 Å². The summed E-state index contributed by atoms with van der Waals surface area (Å²) in [6.45, 7) is 4.51. The molecule has 208 valence electrons. The third-order valence-electron chi connectivity index (χ3n) is 6.43. The highest BCUT2D eigenvalue weighted by atomic mass is 32.2.